The fourth-order valence-corrected chi connectivity index (χ4v) is 4.09. The molecule has 0 spiro atoms. The average molecular weight is 560 g/mol. The highest BCUT2D eigenvalue weighted by molar-refractivity contribution is 14.0. The number of nitrogens with zero attached hydrogens (tertiary/aromatic N) is 4. The maximum absolute atomic E-state index is 6.15. The average Bonchev–Trinajstić information content (AvgIpc) is 3.26. The van der Waals surface area contributed by atoms with Crippen LogP contribution in [0, 0.1) is 19.8 Å². The molecular weight excluding hydrogens is 527 g/mol. The molecule has 2 unspecified atom stereocenters. The van der Waals surface area contributed by atoms with E-state index < -0.39 is 0 Å². The van der Waals surface area contributed by atoms with E-state index in [-0.39, 0.29) is 30.1 Å². The standard InChI is InChI=1S/C25H32N6O.HI/c1-18-6-9-21(10-7-18)24-22(5-4-14-32-24)17-30-25(26-3)29-16-20-8-11-23(28-15-20)31-13-12-27-19(31)2;/h6-13,15,22,24H,4-5,14,16-17H2,1-3H3,(H2,26,29,30);1H. The molecule has 1 saturated heterocycles. The lowest BCUT2D eigenvalue weighted by molar-refractivity contribution is -0.0265. The molecular formula is C25H33IN6O. The quantitative estimate of drug-likeness (QED) is 0.267. The van der Waals surface area contributed by atoms with Crippen molar-refractivity contribution >= 4 is 29.9 Å². The first-order valence-electron chi connectivity index (χ1n) is 11.2. The highest BCUT2D eigenvalue weighted by Crippen LogP contribution is 2.33. The number of imidazole rings is 1. The van der Waals surface area contributed by atoms with Crippen molar-refractivity contribution in [2.75, 3.05) is 20.2 Å². The number of rotatable bonds is 6. The Morgan fingerprint density at radius 2 is 1.94 bits per heavy atom. The summed E-state index contributed by atoms with van der Waals surface area (Å²) >= 11 is 0. The van der Waals surface area contributed by atoms with Crippen molar-refractivity contribution in [1.29, 1.82) is 0 Å². The zero-order valence-electron chi connectivity index (χ0n) is 19.5. The zero-order valence-corrected chi connectivity index (χ0v) is 21.8. The zero-order chi connectivity index (χ0) is 22.3. The molecule has 3 aromatic rings. The molecule has 0 aliphatic carbocycles. The van der Waals surface area contributed by atoms with Crippen LogP contribution in [0.4, 0.5) is 0 Å². The van der Waals surface area contributed by atoms with Crippen LogP contribution in [-0.4, -0.2) is 40.7 Å². The molecule has 0 radical (unpaired) electrons. The summed E-state index contributed by atoms with van der Waals surface area (Å²) in [6.07, 6.45) is 7.94. The SMILES string of the molecule is CN=C(NCc1ccc(-n2ccnc2C)nc1)NCC1CCCOC1c1ccc(C)cc1.I. The first-order valence-corrected chi connectivity index (χ1v) is 11.2. The molecule has 0 bridgehead atoms. The number of aryl methyl sites for hydroxylation is 2. The van der Waals surface area contributed by atoms with Gasteiger partial charge in [0.1, 0.15) is 11.6 Å². The number of ether oxygens (including phenoxy) is 1. The highest BCUT2D eigenvalue weighted by atomic mass is 127. The minimum Gasteiger partial charge on any atom is -0.373 e. The molecule has 0 saturated carbocycles. The minimum atomic E-state index is 0. The smallest absolute Gasteiger partial charge is 0.191 e. The third-order valence-electron chi connectivity index (χ3n) is 5.95. The molecule has 2 atom stereocenters. The van der Waals surface area contributed by atoms with Crippen molar-refractivity contribution in [3.05, 3.63) is 77.5 Å². The van der Waals surface area contributed by atoms with Crippen LogP contribution in [-0.2, 0) is 11.3 Å². The molecule has 2 aromatic heterocycles. The maximum Gasteiger partial charge on any atom is 0.191 e. The summed E-state index contributed by atoms with van der Waals surface area (Å²) in [7, 11) is 1.80. The Kier molecular flexibility index (Phi) is 9.25. The van der Waals surface area contributed by atoms with Crippen LogP contribution < -0.4 is 10.6 Å². The second kappa shape index (κ2) is 12.1. The summed E-state index contributed by atoms with van der Waals surface area (Å²) in [4.78, 5) is 13.2. The lowest BCUT2D eigenvalue weighted by atomic mass is 9.89. The van der Waals surface area contributed by atoms with Crippen LogP contribution in [0.25, 0.3) is 5.82 Å². The fraction of sp³-hybridized carbons (Fsp3) is 0.400. The summed E-state index contributed by atoms with van der Waals surface area (Å²) < 4.78 is 8.11. The normalized spacial score (nSPS) is 18.5. The van der Waals surface area contributed by atoms with Crippen molar-refractivity contribution in [3.63, 3.8) is 0 Å². The van der Waals surface area contributed by atoms with Crippen molar-refractivity contribution in [1.82, 2.24) is 25.2 Å². The summed E-state index contributed by atoms with van der Waals surface area (Å²) in [6, 6.07) is 12.8. The van der Waals surface area contributed by atoms with E-state index in [0.717, 1.165) is 49.2 Å². The van der Waals surface area contributed by atoms with E-state index in [1.54, 1.807) is 13.2 Å². The number of pyridine rings is 1. The van der Waals surface area contributed by atoms with Crippen LogP contribution in [0.5, 0.6) is 0 Å². The molecule has 1 aliphatic heterocycles. The summed E-state index contributed by atoms with van der Waals surface area (Å²) in [5, 5.41) is 6.88. The van der Waals surface area contributed by atoms with Crippen molar-refractivity contribution in [2.45, 2.75) is 39.3 Å². The lowest BCUT2D eigenvalue weighted by Crippen LogP contribution is -2.41. The number of aliphatic imine (C=N–C) groups is 1. The maximum atomic E-state index is 6.15. The van der Waals surface area contributed by atoms with Crippen molar-refractivity contribution in [3.8, 4) is 5.82 Å². The second-order valence-corrected chi connectivity index (χ2v) is 8.28. The third kappa shape index (κ3) is 6.54. The number of nitrogens with one attached hydrogen (secondary N) is 2. The number of aromatic nitrogens is 3. The van der Waals surface area contributed by atoms with Gasteiger partial charge in [0.05, 0.1) is 6.10 Å². The molecule has 33 heavy (non-hydrogen) atoms. The summed E-state index contributed by atoms with van der Waals surface area (Å²) in [5.74, 6) is 2.98. The monoisotopic (exact) mass is 560 g/mol. The predicted octanol–water partition coefficient (Wildman–Crippen LogP) is 4.34. The molecule has 8 heteroatoms. The number of halogens is 1. The van der Waals surface area contributed by atoms with E-state index in [9.17, 15) is 0 Å². The molecule has 1 fully saturated rings. The Morgan fingerprint density at radius 3 is 2.61 bits per heavy atom. The Labute approximate surface area is 213 Å². The van der Waals surface area contributed by atoms with Crippen LogP contribution in [0.1, 0.15) is 41.5 Å². The number of hydrogen-bond acceptors (Lipinski definition) is 4. The van der Waals surface area contributed by atoms with Crippen molar-refractivity contribution < 1.29 is 4.74 Å². The molecule has 3 heterocycles. The van der Waals surface area contributed by atoms with Gasteiger partial charge in [-0.05, 0) is 43.9 Å². The summed E-state index contributed by atoms with van der Waals surface area (Å²) in [6.45, 7) is 6.37. The molecule has 2 N–H and O–H groups in total. The van der Waals surface area contributed by atoms with E-state index in [1.165, 1.54) is 11.1 Å². The first kappa shape index (κ1) is 25.2. The molecule has 1 aliphatic rings. The van der Waals surface area contributed by atoms with E-state index in [4.69, 9.17) is 4.74 Å². The topological polar surface area (TPSA) is 76.4 Å². The fourth-order valence-electron chi connectivity index (χ4n) is 4.09. The highest BCUT2D eigenvalue weighted by Gasteiger charge is 2.27. The predicted molar refractivity (Wildman–Crippen MR) is 142 cm³/mol. The van der Waals surface area contributed by atoms with Crippen LogP contribution >= 0.6 is 24.0 Å². The van der Waals surface area contributed by atoms with E-state index in [1.807, 2.05) is 30.0 Å². The number of benzene rings is 1. The van der Waals surface area contributed by atoms with Gasteiger partial charge >= 0.3 is 0 Å². The Hall–Kier alpha value is -2.46. The van der Waals surface area contributed by atoms with Crippen LogP contribution in [0.15, 0.2) is 60.0 Å². The minimum absolute atomic E-state index is 0. The first-order chi connectivity index (χ1) is 15.6. The van der Waals surface area contributed by atoms with Gasteiger partial charge in [-0.2, -0.15) is 0 Å². The van der Waals surface area contributed by atoms with Gasteiger partial charge in [-0.1, -0.05) is 35.9 Å². The number of guanidine groups is 1. The summed E-state index contributed by atoms with van der Waals surface area (Å²) in [5.41, 5.74) is 3.61. The van der Waals surface area contributed by atoms with Gasteiger partial charge in [0.15, 0.2) is 5.96 Å². The van der Waals surface area contributed by atoms with Gasteiger partial charge in [-0.3, -0.25) is 9.56 Å². The van der Waals surface area contributed by atoms with E-state index >= 15 is 0 Å². The molecule has 1 aromatic carbocycles. The van der Waals surface area contributed by atoms with Crippen molar-refractivity contribution in [2.24, 2.45) is 10.9 Å². The molecule has 4 rings (SSSR count). The van der Waals surface area contributed by atoms with Gasteiger partial charge in [-0.25, -0.2) is 9.97 Å². The Bertz CT molecular complexity index is 1030. The third-order valence-corrected chi connectivity index (χ3v) is 5.95. The second-order valence-electron chi connectivity index (χ2n) is 8.28. The van der Waals surface area contributed by atoms with Gasteiger partial charge in [-0.15, -0.1) is 24.0 Å². The number of hydrogen-bond donors (Lipinski definition) is 2. The van der Waals surface area contributed by atoms with Gasteiger partial charge in [0, 0.05) is 51.3 Å². The van der Waals surface area contributed by atoms with Gasteiger partial charge in [0.25, 0.3) is 0 Å². The Balaban J connectivity index is 0.00000306. The molecule has 7 nitrogen and oxygen atoms in total. The largest absolute Gasteiger partial charge is 0.373 e. The van der Waals surface area contributed by atoms with Crippen LogP contribution in [0.3, 0.4) is 0 Å². The van der Waals surface area contributed by atoms with Gasteiger partial charge < -0.3 is 15.4 Å². The lowest BCUT2D eigenvalue weighted by Gasteiger charge is -2.32. The Morgan fingerprint density at radius 1 is 1.12 bits per heavy atom. The molecule has 176 valence electrons. The molecule has 0 amide bonds. The van der Waals surface area contributed by atoms with E-state index in [0.29, 0.717) is 12.5 Å². The van der Waals surface area contributed by atoms with E-state index in [2.05, 4.69) is 62.8 Å². The van der Waals surface area contributed by atoms with Crippen LogP contribution in [0.2, 0.25) is 0 Å². The van der Waals surface area contributed by atoms with Gasteiger partial charge in [0.2, 0.25) is 0 Å².